The van der Waals surface area contributed by atoms with Crippen molar-refractivity contribution in [1.29, 1.82) is 0 Å². The summed E-state index contributed by atoms with van der Waals surface area (Å²) < 4.78 is 0. The summed E-state index contributed by atoms with van der Waals surface area (Å²) in [4.78, 5) is 5.89. The van der Waals surface area contributed by atoms with Crippen LogP contribution in [0.15, 0.2) is 24.3 Å². The molecule has 0 fully saturated rings. The summed E-state index contributed by atoms with van der Waals surface area (Å²) >= 11 is 1.76. The SMILES string of the molecule is Cc1nc(NC2CCCc3ccccc32)sc1C. The molecule has 1 aliphatic carbocycles. The average Bonchev–Trinajstić information content (AvgIpc) is 2.69. The molecule has 1 N–H and O–H groups in total. The van der Waals surface area contributed by atoms with Gasteiger partial charge in [0.1, 0.15) is 0 Å². The first-order valence-electron chi connectivity index (χ1n) is 6.52. The third-order valence-electron chi connectivity index (χ3n) is 3.70. The lowest BCUT2D eigenvalue weighted by Gasteiger charge is -2.26. The molecule has 1 aromatic carbocycles. The lowest BCUT2D eigenvalue weighted by atomic mass is 9.88. The van der Waals surface area contributed by atoms with E-state index < -0.39 is 0 Å². The Hall–Kier alpha value is -1.35. The molecule has 1 unspecified atom stereocenters. The predicted molar refractivity (Wildman–Crippen MR) is 77.3 cm³/mol. The van der Waals surface area contributed by atoms with Crippen LogP contribution < -0.4 is 5.32 Å². The highest BCUT2D eigenvalue weighted by molar-refractivity contribution is 7.15. The molecular formula is C15H18N2S. The van der Waals surface area contributed by atoms with Gasteiger partial charge in [0.15, 0.2) is 5.13 Å². The van der Waals surface area contributed by atoms with Crippen molar-refractivity contribution < 1.29 is 0 Å². The minimum Gasteiger partial charge on any atom is -0.355 e. The van der Waals surface area contributed by atoms with Gasteiger partial charge in [0.25, 0.3) is 0 Å². The Bertz CT molecular complexity index is 540. The van der Waals surface area contributed by atoms with Gasteiger partial charge in [-0.25, -0.2) is 4.98 Å². The highest BCUT2D eigenvalue weighted by atomic mass is 32.1. The molecule has 18 heavy (non-hydrogen) atoms. The van der Waals surface area contributed by atoms with Gasteiger partial charge in [0.2, 0.25) is 0 Å². The summed E-state index contributed by atoms with van der Waals surface area (Å²) in [6, 6.07) is 9.21. The number of hydrogen-bond donors (Lipinski definition) is 1. The van der Waals surface area contributed by atoms with E-state index in [0.29, 0.717) is 6.04 Å². The molecule has 0 bridgehead atoms. The number of aryl methyl sites for hydroxylation is 3. The maximum atomic E-state index is 4.58. The third-order valence-corrected chi connectivity index (χ3v) is 4.70. The number of fused-ring (bicyclic) bond motifs is 1. The van der Waals surface area contributed by atoms with Gasteiger partial charge in [-0.2, -0.15) is 0 Å². The highest BCUT2D eigenvalue weighted by Crippen LogP contribution is 2.33. The molecule has 2 aromatic rings. The summed E-state index contributed by atoms with van der Waals surface area (Å²) in [5, 5.41) is 4.67. The number of hydrogen-bond acceptors (Lipinski definition) is 3. The molecule has 1 heterocycles. The Kier molecular flexibility index (Phi) is 3.08. The molecule has 0 spiro atoms. The lowest BCUT2D eigenvalue weighted by Crippen LogP contribution is -2.17. The normalized spacial score (nSPS) is 18.4. The van der Waals surface area contributed by atoms with Crippen LogP contribution in [0.2, 0.25) is 0 Å². The van der Waals surface area contributed by atoms with Crippen LogP contribution >= 0.6 is 11.3 Å². The molecule has 1 aliphatic rings. The van der Waals surface area contributed by atoms with Gasteiger partial charge < -0.3 is 5.32 Å². The second-order valence-corrected chi connectivity index (χ2v) is 6.15. The van der Waals surface area contributed by atoms with E-state index in [9.17, 15) is 0 Å². The first-order valence-corrected chi connectivity index (χ1v) is 7.34. The second kappa shape index (κ2) is 4.73. The number of nitrogens with zero attached hydrogens (tertiary/aromatic N) is 1. The standard InChI is InChI=1S/C15H18N2S/c1-10-11(2)18-15(16-10)17-14-9-5-7-12-6-3-4-8-13(12)14/h3-4,6,8,14H,5,7,9H2,1-2H3,(H,16,17). The highest BCUT2D eigenvalue weighted by Gasteiger charge is 2.20. The third kappa shape index (κ3) is 2.15. The zero-order valence-electron chi connectivity index (χ0n) is 10.9. The van der Waals surface area contributed by atoms with Gasteiger partial charge in [0, 0.05) is 4.88 Å². The monoisotopic (exact) mass is 258 g/mol. The molecule has 1 atom stereocenters. The van der Waals surface area contributed by atoms with Crippen molar-refractivity contribution >= 4 is 16.5 Å². The summed E-state index contributed by atoms with van der Waals surface area (Å²) in [5.41, 5.74) is 4.09. The van der Waals surface area contributed by atoms with Gasteiger partial charge in [-0.3, -0.25) is 0 Å². The Balaban J connectivity index is 1.86. The molecule has 0 amide bonds. The average molecular weight is 258 g/mol. The molecule has 1 aromatic heterocycles. The summed E-state index contributed by atoms with van der Waals surface area (Å²) in [6.45, 7) is 4.21. The molecule has 3 rings (SSSR count). The minimum absolute atomic E-state index is 0.430. The number of rotatable bonds is 2. The smallest absolute Gasteiger partial charge is 0.183 e. The van der Waals surface area contributed by atoms with Crippen LogP contribution in [0.25, 0.3) is 0 Å². The summed E-state index contributed by atoms with van der Waals surface area (Å²) in [7, 11) is 0. The fraction of sp³-hybridized carbons (Fsp3) is 0.400. The Morgan fingerprint density at radius 1 is 1.28 bits per heavy atom. The maximum absolute atomic E-state index is 4.58. The summed E-state index contributed by atoms with van der Waals surface area (Å²) in [6.07, 6.45) is 3.68. The van der Waals surface area contributed by atoms with Crippen LogP contribution in [0.4, 0.5) is 5.13 Å². The summed E-state index contributed by atoms with van der Waals surface area (Å²) in [5.74, 6) is 0. The van der Waals surface area contributed by atoms with Crippen molar-refractivity contribution in [3.05, 3.63) is 46.0 Å². The minimum atomic E-state index is 0.430. The fourth-order valence-electron chi connectivity index (χ4n) is 2.59. The van der Waals surface area contributed by atoms with Crippen molar-refractivity contribution in [2.45, 2.75) is 39.2 Å². The molecule has 2 nitrogen and oxygen atoms in total. The lowest BCUT2D eigenvalue weighted by molar-refractivity contribution is 0.600. The molecule has 0 radical (unpaired) electrons. The number of benzene rings is 1. The number of anilines is 1. The largest absolute Gasteiger partial charge is 0.355 e. The Labute approximate surface area is 112 Å². The number of aromatic nitrogens is 1. The van der Waals surface area contributed by atoms with E-state index >= 15 is 0 Å². The Morgan fingerprint density at radius 3 is 2.89 bits per heavy atom. The van der Waals surface area contributed by atoms with Gasteiger partial charge in [-0.05, 0) is 44.2 Å². The van der Waals surface area contributed by atoms with E-state index in [1.165, 1.54) is 35.3 Å². The van der Waals surface area contributed by atoms with Crippen molar-refractivity contribution in [2.24, 2.45) is 0 Å². The van der Waals surface area contributed by atoms with Gasteiger partial charge in [0.05, 0.1) is 11.7 Å². The van der Waals surface area contributed by atoms with Crippen LogP contribution in [-0.2, 0) is 6.42 Å². The van der Waals surface area contributed by atoms with Gasteiger partial charge in [-0.1, -0.05) is 24.3 Å². The van der Waals surface area contributed by atoms with Crippen LogP contribution in [0.3, 0.4) is 0 Å². The molecule has 3 heteroatoms. The van der Waals surface area contributed by atoms with Crippen LogP contribution in [-0.4, -0.2) is 4.98 Å². The van der Waals surface area contributed by atoms with Crippen LogP contribution in [0.5, 0.6) is 0 Å². The van der Waals surface area contributed by atoms with Gasteiger partial charge in [-0.15, -0.1) is 11.3 Å². The first kappa shape index (κ1) is 11.7. The van der Waals surface area contributed by atoms with Crippen molar-refractivity contribution in [1.82, 2.24) is 4.98 Å². The van der Waals surface area contributed by atoms with Crippen LogP contribution in [0.1, 0.15) is 40.6 Å². The maximum Gasteiger partial charge on any atom is 0.183 e. The fourth-order valence-corrected chi connectivity index (χ4v) is 3.45. The topological polar surface area (TPSA) is 24.9 Å². The van der Waals surface area contributed by atoms with E-state index in [1.54, 1.807) is 11.3 Å². The molecule has 0 saturated heterocycles. The second-order valence-electron chi connectivity index (χ2n) is 4.95. The van der Waals surface area contributed by atoms with Crippen molar-refractivity contribution in [2.75, 3.05) is 5.32 Å². The quantitative estimate of drug-likeness (QED) is 0.871. The van der Waals surface area contributed by atoms with E-state index in [-0.39, 0.29) is 0 Å². The van der Waals surface area contributed by atoms with E-state index in [0.717, 1.165) is 10.8 Å². The molecular weight excluding hydrogens is 240 g/mol. The first-order chi connectivity index (χ1) is 8.74. The predicted octanol–water partition coefficient (Wildman–Crippen LogP) is 4.25. The van der Waals surface area contributed by atoms with Gasteiger partial charge >= 0.3 is 0 Å². The van der Waals surface area contributed by atoms with E-state index in [1.807, 2.05) is 0 Å². The molecule has 0 aliphatic heterocycles. The molecule has 0 saturated carbocycles. The number of nitrogens with one attached hydrogen (secondary N) is 1. The number of thiazole rings is 1. The van der Waals surface area contributed by atoms with Crippen LogP contribution in [0, 0.1) is 13.8 Å². The van der Waals surface area contributed by atoms with E-state index in [4.69, 9.17) is 0 Å². The van der Waals surface area contributed by atoms with E-state index in [2.05, 4.69) is 48.4 Å². The van der Waals surface area contributed by atoms with Crippen molar-refractivity contribution in [3.8, 4) is 0 Å². The zero-order chi connectivity index (χ0) is 12.5. The van der Waals surface area contributed by atoms with Crippen molar-refractivity contribution in [3.63, 3.8) is 0 Å². The molecule has 94 valence electrons. The zero-order valence-corrected chi connectivity index (χ0v) is 11.7. The Morgan fingerprint density at radius 2 is 2.11 bits per heavy atom.